The maximum absolute atomic E-state index is 7.15. The van der Waals surface area contributed by atoms with Crippen LogP contribution in [0, 0.1) is 11.3 Å². The van der Waals surface area contributed by atoms with E-state index in [1.165, 1.54) is 0 Å². The molecule has 0 aliphatic carbocycles. The zero-order valence-corrected chi connectivity index (χ0v) is 9.03. The van der Waals surface area contributed by atoms with Gasteiger partial charge in [0.1, 0.15) is 0 Å². The van der Waals surface area contributed by atoms with Crippen LogP contribution in [0.5, 0.6) is 6.01 Å². The van der Waals surface area contributed by atoms with Crippen molar-refractivity contribution in [3.63, 3.8) is 0 Å². The fourth-order valence-corrected chi connectivity index (χ4v) is 0.980. The molecule has 0 bridgehead atoms. The highest BCUT2D eigenvalue weighted by Gasteiger charge is 2.02. The van der Waals surface area contributed by atoms with E-state index in [1.54, 1.807) is 12.3 Å². The number of rotatable bonds is 5. The lowest BCUT2D eigenvalue weighted by Crippen LogP contribution is -2.14. The monoisotopic (exact) mass is 208 g/mol. The predicted octanol–water partition coefficient (Wildman–Crippen LogP) is 0.990. The second kappa shape index (κ2) is 5.29. The minimum atomic E-state index is 0.0866. The van der Waals surface area contributed by atoms with Crippen LogP contribution in [-0.4, -0.2) is 22.4 Å². The Bertz CT molecular complexity index is 338. The molecule has 5 heteroatoms. The largest absolute Gasteiger partial charge is 0.463 e. The van der Waals surface area contributed by atoms with Crippen molar-refractivity contribution in [1.82, 2.24) is 9.97 Å². The van der Waals surface area contributed by atoms with Gasteiger partial charge in [-0.15, -0.1) is 0 Å². The third kappa shape index (κ3) is 4.39. The van der Waals surface area contributed by atoms with Gasteiger partial charge in [0.15, 0.2) is 0 Å². The van der Waals surface area contributed by atoms with E-state index in [4.69, 9.17) is 15.9 Å². The lowest BCUT2D eigenvalue weighted by Gasteiger charge is -2.07. The molecule has 0 aliphatic heterocycles. The Morgan fingerprint density at radius 1 is 1.60 bits per heavy atom. The highest BCUT2D eigenvalue weighted by Crippen LogP contribution is 2.05. The van der Waals surface area contributed by atoms with Gasteiger partial charge < -0.3 is 10.5 Å². The van der Waals surface area contributed by atoms with Crippen LogP contribution in [-0.2, 0) is 6.42 Å². The maximum Gasteiger partial charge on any atom is 0.316 e. The number of nitrogens with two attached hydrogens (primary N) is 1. The molecule has 0 unspecified atom stereocenters. The molecule has 0 radical (unpaired) electrons. The van der Waals surface area contributed by atoms with Crippen LogP contribution in [0.2, 0.25) is 0 Å². The molecule has 1 aromatic heterocycles. The number of hydrogen-bond acceptors (Lipinski definition) is 4. The predicted molar refractivity (Wildman–Crippen MR) is 58.0 cm³/mol. The van der Waals surface area contributed by atoms with Crippen molar-refractivity contribution in [2.45, 2.75) is 20.3 Å². The minimum Gasteiger partial charge on any atom is -0.463 e. The van der Waals surface area contributed by atoms with Gasteiger partial charge in [-0.25, -0.2) is 4.98 Å². The van der Waals surface area contributed by atoms with Crippen LogP contribution in [0.15, 0.2) is 12.3 Å². The second-order valence-electron chi connectivity index (χ2n) is 3.74. The van der Waals surface area contributed by atoms with Crippen LogP contribution in [0.3, 0.4) is 0 Å². The van der Waals surface area contributed by atoms with Gasteiger partial charge in [0.2, 0.25) is 0 Å². The number of amidine groups is 1. The Morgan fingerprint density at radius 3 is 2.93 bits per heavy atom. The van der Waals surface area contributed by atoms with Crippen LogP contribution < -0.4 is 10.5 Å². The summed E-state index contributed by atoms with van der Waals surface area (Å²) in [6.07, 6.45) is 1.95. The Labute approximate surface area is 89.2 Å². The average Bonchev–Trinajstić information content (AvgIpc) is 2.14. The Kier molecular flexibility index (Phi) is 4.03. The van der Waals surface area contributed by atoms with E-state index in [1.807, 2.05) is 0 Å². The molecule has 0 saturated carbocycles. The van der Waals surface area contributed by atoms with E-state index in [9.17, 15) is 0 Å². The first-order valence-electron chi connectivity index (χ1n) is 4.85. The van der Waals surface area contributed by atoms with Crippen molar-refractivity contribution >= 4 is 5.84 Å². The molecule has 0 atom stereocenters. The summed E-state index contributed by atoms with van der Waals surface area (Å²) < 4.78 is 5.36. The topological polar surface area (TPSA) is 84.9 Å². The van der Waals surface area contributed by atoms with Crippen molar-refractivity contribution in [2.75, 3.05) is 6.61 Å². The zero-order valence-electron chi connectivity index (χ0n) is 9.03. The molecular formula is C10H16N4O. The Morgan fingerprint density at radius 2 is 2.33 bits per heavy atom. The number of nitrogens with zero attached hydrogens (tertiary/aromatic N) is 2. The summed E-state index contributed by atoms with van der Waals surface area (Å²) in [6, 6.07) is 2.08. The smallest absolute Gasteiger partial charge is 0.316 e. The third-order valence-electron chi connectivity index (χ3n) is 1.61. The Hall–Kier alpha value is -1.65. The highest BCUT2D eigenvalue weighted by atomic mass is 16.5. The van der Waals surface area contributed by atoms with Crippen molar-refractivity contribution < 1.29 is 4.74 Å². The summed E-state index contributed by atoms with van der Waals surface area (Å²) in [7, 11) is 0. The van der Waals surface area contributed by atoms with E-state index in [-0.39, 0.29) is 5.84 Å². The maximum atomic E-state index is 7.15. The number of nitrogens with one attached hydrogen (secondary N) is 1. The summed E-state index contributed by atoms with van der Waals surface area (Å²) in [5, 5.41) is 7.15. The lowest BCUT2D eigenvalue weighted by molar-refractivity contribution is 0.250. The summed E-state index contributed by atoms with van der Waals surface area (Å²) in [5.41, 5.74) is 5.98. The lowest BCUT2D eigenvalue weighted by atomic mass is 10.2. The molecule has 3 N–H and O–H groups in total. The third-order valence-corrected chi connectivity index (χ3v) is 1.61. The number of hydrogen-bond donors (Lipinski definition) is 2. The molecule has 0 aliphatic rings. The van der Waals surface area contributed by atoms with E-state index in [2.05, 4.69) is 23.8 Å². The molecule has 15 heavy (non-hydrogen) atoms. The molecule has 1 heterocycles. The van der Waals surface area contributed by atoms with E-state index in [0.29, 0.717) is 30.7 Å². The van der Waals surface area contributed by atoms with Crippen LogP contribution in [0.25, 0.3) is 0 Å². The first-order chi connectivity index (χ1) is 7.08. The molecule has 1 rings (SSSR count). The van der Waals surface area contributed by atoms with Gasteiger partial charge in [-0.3, -0.25) is 5.41 Å². The standard InChI is InChI=1S/C10H16N4O/c1-7(2)6-15-10-13-4-3-8(14-10)5-9(11)12/h3-4,7H,5-6H2,1-2H3,(H3,11,12). The van der Waals surface area contributed by atoms with Crippen LogP contribution in [0.4, 0.5) is 0 Å². The van der Waals surface area contributed by atoms with E-state index >= 15 is 0 Å². The second-order valence-corrected chi connectivity index (χ2v) is 3.74. The normalized spacial score (nSPS) is 10.3. The minimum absolute atomic E-state index is 0.0866. The van der Waals surface area contributed by atoms with Gasteiger partial charge in [-0.1, -0.05) is 13.8 Å². The fraction of sp³-hybridized carbons (Fsp3) is 0.500. The molecule has 5 nitrogen and oxygen atoms in total. The molecular weight excluding hydrogens is 192 g/mol. The molecule has 82 valence electrons. The summed E-state index contributed by atoms with van der Waals surface area (Å²) in [6.45, 7) is 4.70. The molecule has 0 fully saturated rings. The van der Waals surface area contributed by atoms with Gasteiger partial charge in [0.25, 0.3) is 0 Å². The zero-order chi connectivity index (χ0) is 11.3. The van der Waals surface area contributed by atoms with Gasteiger partial charge in [0.05, 0.1) is 18.1 Å². The van der Waals surface area contributed by atoms with Crippen LogP contribution >= 0.6 is 0 Å². The van der Waals surface area contributed by atoms with E-state index < -0.39 is 0 Å². The molecule has 1 aromatic rings. The summed E-state index contributed by atoms with van der Waals surface area (Å²) in [4.78, 5) is 8.10. The van der Waals surface area contributed by atoms with Crippen molar-refractivity contribution in [3.8, 4) is 6.01 Å². The van der Waals surface area contributed by atoms with Crippen LogP contribution in [0.1, 0.15) is 19.5 Å². The fourth-order valence-electron chi connectivity index (χ4n) is 0.980. The summed E-state index contributed by atoms with van der Waals surface area (Å²) >= 11 is 0. The van der Waals surface area contributed by atoms with E-state index in [0.717, 1.165) is 0 Å². The molecule has 0 amide bonds. The molecule has 0 aromatic carbocycles. The number of ether oxygens (including phenoxy) is 1. The van der Waals surface area contributed by atoms with Crippen molar-refractivity contribution in [1.29, 1.82) is 5.41 Å². The van der Waals surface area contributed by atoms with Gasteiger partial charge in [0, 0.05) is 12.6 Å². The SMILES string of the molecule is CC(C)COc1nccc(CC(=N)N)n1. The summed E-state index contributed by atoms with van der Waals surface area (Å²) in [5.74, 6) is 0.522. The first kappa shape index (κ1) is 11.4. The van der Waals surface area contributed by atoms with Gasteiger partial charge >= 0.3 is 6.01 Å². The molecule has 0 spiro atoms. The Balaban J connectivity index is 2.61. The van der Waals surface area contributed by atoms with Gasteiger partial charge in [-0.05, 0) is 12.0 Å². The van der Waals surface area contributed by atoms with Crippen molar-refractivity contribution in [2.24, 2.45) is 11.7 Å². The van der Waals surface area contributed by atoms with Gasteiger partial charge in [-0.2, -0.15) is 4.98 Å². The molecule has 0 saturated heterocycles. The first-order valence-corrected chi connectivity index (χ1v) is 4.85. The van der Waals surface area contributed by atoms with Crippen molar-refractivity contribution in [3.05, 3.63) is 18.0 Å². The number of aromatic nitrogens is 2. The highest BCUT2D eigenvalue weighted by molar-refractivity contribution is 5.78. The average molecular weight is 208 g/mol. The quantitative estimate of drug-likeness (QED) is 0.558.